The second kappa shape index (κ2) is 5.75. The van der Waals surface area contributed by atoms with E-state index in [9.17, 15) is 0 Å². The number of rotatable bonds is 3. The van der Waals surface area contributed by atoms with Crippen LogP contribution in [0.5, 0.6) is 0 Å². The van der Waals surface area contributed by atoms with Crippen LogP contribution in [0.3, 0.4) is 0 Å². The maximum Gasteiger partial charge on any atom is 0.106 e. The van der Waals surface area contributed by atoms with E-state index in [4.69, 9.17) is 5.73 Å². The second-order valence-electron chi connectivity index (χ2n) is 4.44. The Morgan fingerprint density at radius 2 is 2.12 bits per heavy atom. The van der Waals surface area contributed by atoms with Gasteiger partial charge in [0.2, 0.25) is 0 Å². The number of piperidine rings is 1. The molecule has 4 heteroatoms. The lowest BCUT2D eigenvalue weighted by Gasteiger charge is -2.31. The predicted octanol–water partition coefficient (Wildman–Crippen LogP) is 2.01. The molecule has 0 amide bonds. The third kappa shape index (κ3) is 3.27. The zero-order valence-electron chi connectivity index (χ0n) is 9.40. The number of halogens is 1. The molecule has 0 atom stereocenters. The van der Waals surface area contributed by atoms with Crippen molar-refractivity contribution in [1.29, 1.82) is 0 Å². The van der Waals surface area contributed by atoms with Crippen molar-refractivity contribution >= 4 is 15.9 Å². The van der Waals surface area contributed by atoms with E-state index in [0.717, 1.165) is 36.7 Å². The monoisotopic (exact) mass is 283 g/mol. The van der Waals surface area contributed by atoms with Crippen molar-refractivity contribution in [2.75, 3.05) is 19.6 Å². The molecule has 16 heavy (non-hydrogen) atoms. The van der Waals surface area contributed by atoms with Gasteiger partial charge < -0.3 is 5.73 Å². The molecule has 0 spiro atoms. The van der Waals surface area contributed by atoms with Gasteiger partial charge in [0, 0.05) is 12.7 Å². The Balaban J connectivity index is 1.84. The minimum Gasteiger partial charge on any atom is -0.330 e. The predicted molar refractivity (Wildman–Crippen MR) is 69.0 cm³/mol. The van der Waals surface area contributed by atoms with Crippen molar-refractivity contribution in [2.45, 2.75) is 19.4 Å². The molecule has 0 bridgehead atoms. The van der Waals surface area contributed by atoms with Crippen LogP contribution in [0.2, 0.25) is 0 Å². The van der Waals surface area contributed by atoms with Crippen LogP contribution in [0, 0.1) is 5.92 Å². The van der Waals surface area contributed by atoms with Crippen LogP contribution in [0.4, 0.5) is 0 Å². The van der Waals surface area contributed by atoms with Gasteiger partial charge in [0.05, 0.1) is 0 Å². The molecule has 0 aromatic carbocycles. The van der Waals surface area contributed by atoms with Gasteiger partial charge in [-0.05, 0) is 66.0 Å². The van der Waals surface area contributed by atoms with Crippen molar-refractivity contribution in [3.05, 3.63) is 28.5 Å². The number of aromatic nitrogens is 1. The topological polar surface area (TPSA) is 42.1 Å². The molecule has 1 aliphatic heterocycles. The summed E-state index contributed by atoms with van der Waals surface area (Å²) in [6.07, 6.45) is 4.42. The van der Waals surface area contributed by atoms with Crippen molar-refractivity contribution < 1.29 is 0 Å². The van der Waals surface area contributed by atoms with Crippen LogP contribution in [0.25, 0.3) is 0 Å². The van der Waals surface area contributed by atoms with E-state index in [1.54, 1.807) is 0 Å². The minimum absolute atomic E-state index is 0.735. The van der Waals surface area contributed by atoms with Crippen molar-refractivity contribution in [3.63, 3.8) is 0 Å². The highest BCUT2D eigenvalue weighted by Crippen LogP contribution is 2.18. The van der Waals surface area contributed by atoms with Gasteiger partial charge in [0.25, 0.3) is 0 Å². The number of pyridine rings is 1. The molecule has 1 fully saturated rings. The highest BCUT2D eigenvalue weighted by atomic mass is 79.9. The molecule has 1 aliphatic rings. The highest BCUT2D eigenvalue weighted by molar-refractivity contribution is 9.10. The smallest absolute Gasteiger partial charge is 0.106 e. The van der Waals surface area contributed by atoms with E-state index in [1.165, 1.54) is 18.4 Å². The molecular formula is C12H18BrN3. The van der Waals surface area contributed by atoms with Crippen LogP contribution >= 0.6 is 15.9 Å². The Hall–Kier alpha value is -0.450. The summed E-state index contributed by atoms with van der Waals surface area (Å²) >= 11 is 3.35. The summed E-state index contributed by atoms with van der Waals surface area (Å²) in [6, 6.07) is 4.13. The summed E-state index contributed by atoms with van der Waals surface area (Å²) in [4.78, 5) is 6.73. The molecule has 0 radical (unpaired) electrons. The average Bonchev–Trinajstić information content (AvgIpc) is 2.33. The highest BCUT2D eigenvalue weighted by Gasteiger charge is 2.17. The van der Waals surface area contributed by atoms with Crippen LogP contribution in [0.1, 0.15) is 18.4 Å². The second-order valence-corrected chi connectivity index (χ2v) is 5.26. The zero-order valence-corrected chi connectivity index (χ0v) is 11.0. The molecule has 1 aromatic heterocycles. The summed E-state index contributed by atoms with van der Waals surface area (Å²) in [6.45, 7) is 4.18. The minimum atomic E-state index is 0.735. The molecule has 88 valence electrons. The molecule has 2 rings (SSSR count). The molecule has 0 unspecified atom stereocenters. The van der Waals surface area contributed by atoms with E-state index in [0.29, 0.717) is 0 Å². The van der Waals surface area contributed by atoms with Crippen molar-refractivity contribution in [2.24, 2.45) is 11.7 Å². The first-order valence-electron chi connectivity index (χ1n) is 5.81. The fraction of sp³-hybridized carbons (Fsp3) is 0.583. The van der Waals surface area contributed by atoms with Crippen molar-refractivity contribution in [3.8, 4) is 0 Å². The number of hydrogen-bond acceptors (Lipinski definition) is 3. The quantitative estimate of drug-likeness (QED) is 0.863. The Bertz CT molecular complexity index is 318. The Morgan fingerprint density at radius 1 is 1.38 bits per heavy atom. The molecule has 0 aliphatic carbocycles. The van der Waals surface area contributed by atoms with Gasteiger partial charge in [-0.2, -0.15) is 0 Å². The number of likely N-dealkylation sites (tertiary alicyclic amines) is 1. The first-order chi connectivity index (χ1) is 7.78. The maximum atomic E-state index is 5.68. The Labute approximate surface area is 105 Å². The summed E-state index contributed by atoms with van der Waals surface area (Å²) in [7, 11) is 0. The molecule has 2 N–H and O–H groups in total. The first-order valence-corrected chi connectivity index (χ1v) is 6.60. The largest absolute Gasteiger partial charge is 0.330 e. The van der Waals surface area contributed by atoms with Gasteiger partial charge >= 0.3 is 0 Å². The first kappa shape index (κ1) is 12.0. The fourth-order valence-corrected chi connectivity index (χ4v) is 2.37. The Kier molecular flexibility index (Phi) is 4.32. The number of nitrogens with zero attached hydrogens (tertiary/aromatic N) is 2. The lowest BCUT2D eigenvalue weighted by atomic mass is 9.97. The number of hydrogen-bond donors (Lipinski definition) is 1. The van der Waals surface area contributed by atoms with Crippen LogP contribution in [-0.2, 0) is 6.54 Å². The third-order valence-electron chi connectivity index (χ3n) is 3.24. The molecular weight excluding hydrogens is 266 g/mol. The van der Waals surface area contributed by atoms with E-state index in [-0.39, 0.29) is 0 Å². The van der Waals surface area contributed by atoms with Gasteiger partial charge in [0.15, 0.2) is 0 Å². The summed E-state index contributed by atoms with van der Waals surface area (Å²) in [5, 5.41) is 0. The van der Waals surface area contributed by atoms with Crippen LogP contribution in [0.15, 0.2) is 22.9 Å². The van der Waals surface area contributed by atoms with E-state index < -0.39 is 0 Å². The SMILES string of the molecule is NCC1CCN(Cc2ccc(Br)nc2)CC1. The van der Waals surface area contributed by atoms with Crippen LogP contribution in [-0.4, -0.2) is 29.5 Å². The molecule has 0 saturated carbocycles. The summed E-state index contributed by atoms with van der Waals surface area (Å²) < 4.78 is 0.901. The van der Waals surface area contributed by atoms with Crippen molar-refractivity contribution in [1.82, 2.24) is 9.88 Å². The summed E-state index contributed by atoms with van der Waals surface area (Å²) in [5.41, 5.74) is 6.97. The van der Waals surface area contributed by atoms with Gasteiger partial charge in [-0.3, -0.25) is 4.90 Å². The zero-order chi connectivity index (χ0) is 11.4. The van der Waals surface area contributed by atoms with E-state index >= 15 is 0 Å². The standard InChI is InChI=1S/C12H18BrN3/c13-12-2-1-11(8-15-12)9-16-5-3-10(7-14)4-6-16/h1-2,8,10H,3-7,9,14H2. The van der Waals surface area contributed by atoms with Gasteiger partial charge in [-0.1, -0.05) is 6.07 Å². The lowest BCUT2D eigenvalue weighted by Crippen LogP contribution is -2.35. The fourth-order valence-electron chi connectivity index (χ4n) is 2.14. The molecule has 1 aromatic rings. The van der Waals surface area contributed by atoms with Gasteiger partial charge in [-0.25, -0.2) is 4.98 Å². The maximum absolute atomic E-state index is 5.68. The van der Waals surface area contributed by atoms with E-state index in [2.05, 4.69) is 31.9 Å². The molecule has 2 heterocycles. The van der Waals surface area contributed by atoms with Crippen LogP contribution < -0.4 is 5.73 Å². The lowest BCUT2D eigenvalue weighted by molar-refractivity contribution is 0.180. The third-order valence-corrected chi connectivity index (χ3v) is 3.70. The summed E-state index contributed by atoms with van der Waals surface area (Å²) in [5.74, 6) is 0.735. The molecule has 1 saturated heterocycles. The average molecular weight is 284 g/mol. The van der Waals surface area contributed by atoms with Gasteiger partial charge in [-0.15, -0.1) is 0 Å². The van der Waals surface area contributed by atoms with E-state index in [1.807, 2.05) is 12.3 Å². The molecule has 3 nitrogen and oxygen atoms in total. The normalized spacial score (nSPS) is 18.9. The number of nitrogens with two attached hydrogens (primary N) is 1. The van der Waals surface area contributed by atoms with Gasteiger partial charge in [0.1, 0.15) is 4.60 Å². The Morgan fingerprint density at radius 3 is 2.69 bits per heavy atom.